The molecule has 0 atom stereocenters. The fourth-order valence-corrected chi connectivity index (χ4v) is 2.17. The van der Waals surface area contributed by atoms with Gasteiger partial charge in [0.05, 0.1) is 11.7 Å². The van der Waals surface area contributed by atoms with Crippen LogP contribution in [-0.4, -0.2) is 24.3 Å². The zero-order chi connectivity index (χ0) is 13.9. The maximum Gasteiger partial charge on any atom is 0.0651 e. The average molecular weight is 266 g/mol. The molecule has 0 bridgehead atoms. The Morgan fingerprint density at radius 2 is 1.90 bits per heavy atom. The monoisotopic (exact) mass is 266 g/mol. The van der Waals surface area contributed by atoms with E-state index < -0.39 is 0 Å². The summed E-state index contributed by atoms with van der Waals surface area (Å²) in [6, 6.07) is 14.8. The zero-order valence-corrected chi connectivity index (χ0v) is 11.7. The molecule has 1 aromatic heterocycles. The summed E-state index contributed by atoms with van der Waals surface area (Å²) in [5, 5.41) is 11.5. The van der Waals surface area contributed by atoms with Crippen LogP contribution in [0.4, 0.5) is 11.4 Å². The molecule has 0 spiro atoms. The third kappa shape index (κ3) is 2.59. The number of nitrogens with zero attached hydrogens (tertiary/aromatic N) is 2. The van der Waals surface area contributed by atoms with E-state index in [1.165, 1.54) is 11.3 Å². The molecule has 0 saturated carbocycles. The van der Waals surface area contributed by atoms with Crippen LogP contribution in [0.5, 0.6) is 0 Å². The molecule has 0 aliphatic heterocycles. The van der Waals surface area contributed by atoms with Crippen LogP contribution >= 0.6 is 0 Å². The van der Waals surface area contributed by atoms with Gasteiger partial charge in [-0.2, -0.15) is 5.10 Å². The SMILES string of the molecule is CN(C)c1ccc(CNc2ccc3[nH]ncc3c2)cc1. The van der Waals surface area contributed by atoms with Crippen molar-refractivity contribution in [1.29, 1.82) is 0 Å². The van der Waals surface area contributed by atoms with Crippen molar-refractivity contribution in [1.82, 2.24) is 10.2 Å². The molecule has 2 N–H and O–H groups in total. The van der Waals surface area contributed by atoms with Crippen molar-refractivity contribution in [3.05, 3.63) is 54.2 Å². The zero-order valence-electron chi connectivity index (χ0n) is 11.7. The van der Waals surface area contributed by atoms with E-state index in [9.17, 15) is 0 Å². The highest BCUT2D eigenvalue weighted by Gasteiger charge is 1.99. The van der Waals surface area contributed by atoms with Gasteiger partial charge in [-0.05, 0) is 35.9 Å². The van der Waals surface area contributed by atoms with Gasteiger partial charge in [0.1, 0.15) is 0 Å². The van der Waals surface area contributed by atoms with Crippen molar-refractivity contribution in [3.8, 4) is 0 Å². The summed E-state index contributed by atoms with van der Waals surface area (Å²) >= 11 is 0. The molecule has 3 rings (SSSR count). The molecular formula is C16H18N4. The number of hydrogen-bond acceptors (Lipinski definition) is 3. The van der Waals surface area contributed by atoms with E-state index in [1.807, 2.05) is 26.4 Å². The molecule has 2 aromatic carbocycles. The van der Waals surface area contributed by atoms with Gasteiger partial charge in [0, 0.05) is 37.4 Å². The van der Waals surface area contributed by atoms with E-state index in [0.29, 0.717) is 0 Å². The minimum atomic E-state index is 0.817. The summed E-state index contributed by atoms with van der Waals surface area (Å²) in [4.78, 5) is 2.10. The maximum atomic E-state index is 4.03. The standard InChI is InChI=1S/C16H18N4/c1-20(2)15-6-3-12(4-7-15)10-17-14-5-8-16-13(9-14)11-18-19-16/h3-9,11,17H,10H2,1-2H3,(H,18,19). The lowest BCUT2D eigenvalue weighted by molar-refractivity contribution is 1.11. The molecule has 0 amide bonds. The molecule has 0 radical (unpaired) electrons. The molecule has 0 fully saturated rings. The van der Waals surface area contributed by atoms with Crippen LogP contribution < -0.4 is 10.2 Å². The molecule has 20 heavy (non-hydrogen) atoms. The number of rotatable bonds is 4. The second-order valence-corrected chi connectivity index (χ2v) is 5.09. The van der Waals surface area contributed by atoms with Crippen LogP contribution in [0.3, 0.4) is 0 Å². The first-order chi connectivity index (χ1) is 9.72. The van der Waals surface area contributed by atoms with Crippen molar-refractivity contribution in [3.63, 3.8) is 0 Å². The molecule has 0 unspecified atom stereocenters. The number of anilines is 2. The largest absolute Gasteiger partial charge is 0.381 e. The van der Waals surface area contributed by atoms with Gasteiger partial charge in [0.2, 0.25) is 0 Å². The van der Waals surface area contributed by atoms with Crippen molar-refractivity contribution < 1.29 is 0 Å². The summed E-state index contributed by atoms with van der Waals surface area (Å²) in [6.45, 7) is 0.817. The maximum absolute atomic E-state index is 4.03. The summed E-state index contributed by atoms with van der Waals surface area (Å²) in [6.07, 6.45) is 1.84. The molecular weight excluding hydrogens is 248 g/mol. The Labute approximate surface area is 118 Å². The number of aromatic amines is 1. The van der Waals surface area contributed by atoms with E-state index in [-0.39, 0.29) is 0 Å². The van der Waals surface area contributed by atoms with Gasteiger partial charge in [-0.15, -0.1) is 0 Å². The number of benzene rings is 2. The van der Waals surface area contributed by atoms with Crippen molar-refractivity contribution in [2.75, 3.05) is 24.3 Å². The van der Waals surface area contributed by atoms with Crippen LogP contribution in [0, 0.1) is 0 Å². The predicted molar refractivity (Wildman–Crippen MR) is 84.2 cm³/mol. The fourth-order valence-electron chi connectivity index (χ4n) is 2.17. The van der Waals surface area contributed by atoms with E-state index in [2.05, 4.69) is 56.8 Å². The van der Waals surface area contributed by atoms with Gasteiger partial charge < -0.3 is 10.2 Å². The van der Waals surface area contributed by atoms with Crippen LogP contribution in [0.15, 0.2) is 48.7 Å². The Balaban J connectivity index is 1.69. The Kier molecular flexibility index (Phi) is 3.29. The van der Waals surface area contributed by atoms with E-state index in [1.54, 1.807) is 0 Å². The molecule has 4 nitrogen and oxygen atoms in total. The highest BCUT2D eigenvalue weighted by molar-refractivity contribution is 5.81. The molecule has 3 aromatic rings. The Bertz CT molecular complexity index is 698. The third-order valence-electron chi connectivity index (χ3n) is 3.39. The van der Waals surface area contributed by atoms with Gasteiger partial charge >= 0.3 is 0 Å². The summed E-state index contributed by atoms with van der Waals surface area (Å²) in [7, 11) is 4.10. The first-order valence-electron chi connectivity index (χ1n) is 6.66. The Morgan fingerprint density at radius 1 is 1.10 bits per heavy atom. The van der Waals surface area contributed by atoms with Crippen molar-refractivity contribution in [2.45, 2.75) is 6.54 Å². The van der Waals surface area contributed by atoms with Crippen LogP contribution in [0.25, 0.3) is 10.9 Å². The molecule has 0 aliphatic rings. The van der Waals surface area contributed by atoms with Crippen LogP contribution in [0.2, 0.25) is 0 Å². The quantitative estimate of drug-likeness (QED) is 0.762. The van der Waals surface area contributed by atoms with Gasteiger partial charge in [-0.3, -0.25) is 5.10 Å². The second-order valence-electron chi connectivity index (χ2n) is 5.09. The minimum Gasteiger partial charge on any atom is -0.381 e. The van der Waals surface area contributed by atoms with Gasteiger partial charge in [0.15, 0.2) is 0 Å². The lowest BCUT2D eigenvalue weighted by atomic mass is 10.2. The number of H-pyrrole nitrogens is 1. The van der Waals surface area contributed by atoms with Gasteiger partial charge in [-0.25, -0.2) is 0 Å². The van der Waals surface area contributed by atoms with Crippen LogP contribution in [-0.2, 0) is 6.54 Å². The number of fused-ring (bicyclic) bond motifs is 1. The molecule has 0 aliphatic carbocycles. The Morgan fingerprint density at radius 3 is 2.65 bits per heavy atom. The number of nitrogens with one attached hydrogen (secondary N) is 2. The summed E-state index contributed by atoms with van der Waals surface area (Å²) in [5.41, 5.74) is 4.65. The van der Waals surface area contributed by atoms with Gasteiger partial charge in [0.25, 0.3) is 0 Å². The first-order valence-corrected chi connectivity index (χ1v) is 6.66. The van der Waals surface area contributed by atoms with Crippen molar-refractivity contribution >= 4 is 22.3 Å². The average Bonchev–Trinajstić information content (AvgIpc) is 2.93. The second kappa shape index (κ2) is 5.25. The van der Waals surface area contributed by atoms with E-state index in [0.717, 1.165) is 23.1 Å². The summed E-state index contributed by atoms with van der Waals surface area (Å²) in [5.74, 6) is 0. The molecule has 4 heteroatoms. The number of aromatic nitrogens is 2. The van der Waals surface area contributed by atoms with Gasteiger partial charge in [-0.1, -0.05) is 12.1 Å². The first kappa shape index (κ1) is 12.5. The van der Waals surface area contributed by atoms with E-state index in [4.69, 9.17) is 0 Å². The number of hydrogen-bond donors (Lipinski definition) is 2. The normalized spacial score (nSPS) is 10.7. The van der Waals surface area contributed by atoms with Crippen LogP contribution in [0.1, 0.15) is 5.56 Å². The Hall–Kier alpha value is -2.49. The molecule has 0 saturated heterocycles. The van der Waals surface area contributed by atoms with E-state index >= 15 is 0 Å². The highest BCUT2D eigenvalue weighted by atomic mass is 15.1. The highest BCUT2D eigenvalue weighted by Crippen LogP contribution is 2.18. The third-order valence-corrected chi connectivity index (χ3v) is 3.39. The van der Waals surface area contributed by atoms with Crippen molar-refractivity contribution in [2.24, 2.45) is 0 Å². The predicted octanol–water partition coefficient (Wildman–Crippen LogP) is 3.24. The molecule has 102 valence electrons. The lowest BCUT2D eigenvalue weighted by Gasteiger charge is -2.13. The molecule has 1 heterocycles. The summed E-state index contributed by atoms with van der Waals surface area (Å²) < 4.78 is 0. The lowest BCUT2D eigenvalue weighted by Crippen LogP contribution is -2.08. The fraction of sp³-hybridized carbons (Fsp3) is 0.188. The minimum absolute atomic E-state index is 0.817. The smallest absolute Gasteiger partial charge is 0.0651 e. The topological polar surface area (TPSA) is 44.0 Å².